The first-order chi connectivity index (χ1) is 8.54. The van der Waals surface area contributed by atoms with Crippen molar-refractivity contribution < 1.29 is 0 Å². The number of nitrogens with zero attached hydrogens (tertiary/aromatic N) is 1. The van der Waals surface area contributed by atoms with E-state index >= 15 is 0 Å². The summed E-state index contributed by atoms with van der Waals surface area (Å²) in [6.07, 6.45) is 8.76. The maximum Gasteiger partial charge on any atom is 0.0403 e. The van der Waals surface area contributed by atoms with Crippen LogP contribution in [0.15, 0.2) is 24.4 Å². The SMILES string of the molecule is CC1(C)C2CCC1(C)C(CCc1ccccn1)C2. The van der Waals surface area contributed by atoms with Crippen molar-refractivity contribution in [3.05, 3.63) is 30.1 Å². The van der Waals surface area contributed by atoms with E-state index in [1.54, 1.807) is 0 Å². The number of aromatic nitrogens is 1. The van der Waals surface area contributed by atoms with Gasteiger partial charge in [-0.1, -0.05) is 26.8 Å². The van der Waals surface area contributed by atoms with Gasteiger partial charge in [0.2, 0.25) is 0 Å². The van der Waals surface area contributed by atoms with Gasteiger partial charge in [0.05, 0.1) is 0 Å². The second-order valence-electron chi connectivity index (χ2n) is 7.17. The highest BCUT2D eigenvalue weighted by molar-refractivity contribution is 5.11. The topological polar surface area (TPSA) is 12.9 Å². The Morgan fingerprint density at radius 1 is 1.28 bits per heavy atom. The van der Waals surface area contributed by atoms with E-state index in [1.807, 2.05) is 12.3 Å². The van der Waals surface area contributed by atoms with E-state index in [1.165, 1.54) is 31.4 Å². The summed E-state index contributed by atoms with van der Waals surface area (Å²) in [4.78, 5) is 4.46. The molecule has 1 aromatic rings. The predicted molar refractivity (Wildman–Crippen MR) is 75.3 cm³/mol. The van der Waals surface area contributed by atoms with Crippen molar-refractivity contribution in [1.29, 1.82) is 0 Å². The third kappa shape index (κ3) is 1.63. The Morgan fingerprint density at radius 3 is 2.67 bits per heavy atom. The maximum absolute atomic E-state index is 4.46. The summed E-state index contributed by atoms with van der Waals surface area (Å²) >= 11 is 0. The van der Waals surface area contributed by atoms with Gasteiger partial charge >= 0.3 is 0 Å². The van der Waals surface area contributed by atoms with E-state index in [2.05, 4.69) is 37.9 Å². The van der Waals surface area contributed by atoms with Gasteiger partial charge in [0.25, 0.3) is 0 Å². The molecule has 18 heavy (non-hydrogen) atoms. The monoisotopic (exact) mass is 243 g/mol. The molecule has 3 atom stereocenters. The van der Waals surface area contributed by atoms with Crippen LogP contribution in [0.2, 0.25) is 0 Å². The Balaban J connectivity index is 1.69. The standard InChI is InChI=1S/C17H25N/c1-16(2)13-9-10-17(16,3)14(12-13)7-8-15-6-4-5-11-18-15/h4-6,11,13-14H,7-10,12H2,1-3H3. The molecule has 3 unspecified atom stereocenters. The first-order valence-electron chi connectivity index (χ1n) is 7.44. The average molecular weight is 243 g/mol. The Kier molecular flexibility index (Phi) is 2.76. The molecular weight excluding hydrogens is 218 g/mol. The molecule has 0 aromatic carbocycles. The van der Waals surface area contributed by atoms with E-state index in [9.17, 15) is 0 Å². The van der Waals surface area contributed by atoms with Gasteiger partial charge < -0.3 is 0 Å². The fourth-order valence-electron chi connectivity index (χ4n) is 4.67. The molecule has 1 heterocycles. The summed E-state index contributed by atoms with van der Waals surface area (Å²) in [7, 11) is 0. The van der Waals surface area contributed by atoms with Gasteiger partial charge in [0.15, 0.2) is 0 Å². The number of hydrogen-bond donors (Lipinski definition) is 0. The van der Waals surface area contributed by atoms with Crippen LogP contribution in [-0.4, -0.2) is 4.98 Å². The predicted octanol–water partition coefficient (Wildman–Crippen LogP) is 4.48. The van der Waals surface area contributed by atoms with Crippen LogP contribution < -0.4 is 0 Å². The molecule has 2 aliphatic carbocycles. The molecule has 2 saturated carbocycles. The van der Waals surface area contributed by atoms with Crippen molar-refractivity contribution in [1.82, 2.24) is 4.98 Å². The number of pyridine rings is 1. The number of fused-ring (bicyclic) bond motifs is 2. The molecule has 2 aliphatic rings. The molecule has 0 N–H and O–H groups in total. The van der Waals surface area contributed by atoms with Crippen LogP contribution in [-0.2, 0) is 6.42 Å². The highest BCUT2D eigenvalue weighted by Gasteiger charge is 2.60. The molecule has 2 bridgehead atoms. The fraction of sp³-hybridized carbons (Fsp3) is 0.706. The Hall–Kier alpha value is -0.850. The second-order valence-corrected chi connectivity index (χ2v) is 7.17. The molecular formula is C17H25N. The second kappa shape index (κ2) is 4.08. The zero-order valence-corrected chi connectivity index (χ0v) is 11.9. The van der Waals surface area contributed by atoms with Crippen molar-refractivity contribution in [2.24, 2.45) is 22.7 Å². The third-order valence-corrected chi connectivity index (χ3v) is 6.45. The van der Waals surface area contributed by atoms with Crippen LogP contribution in [0.1, 0.15) is 52.1 Å². The Morgan fingerprint density at radius 2 is 2.11 bits per heavy atom. The normalized spacial score (nSPS) is 37.1. The first kappa shape index (κ1) is 12.2. The quantitative estimate of drug-likeness (QED) is 0.763. The van der Waals surface area contributed by atoms with E-state index in [-0.39, 0.29) is 0 Å². The minimum absolute atomic E-state index is 0.557. The van der Waals surface area contributed by atoms with Crippen LogP contribution >= 0.6 is 0 Å². The van der Waals surface area contributed by atoms with Crippen molar-refractivity contribution in [2.45, 2.75) is 52.9 Å². The van der Waals surface area contributed by atoms with Crippen molar-refractivity contribution in [3.63, 3.8) is 0 Å². The molecule has 2 fully saturated rings. The summed E-state index contributed by atoms with van der Waals surface area (Å²) in [6, 6.07) is 6.28. The molecule has 0 radical (unpaired) electrons. The molecule has 0 amide bonds. The summed E-state index contributed by atoms with van der Waals surface area (Å²) < 4.78 is 0. The van der Waals surface area contributed by atoms with Crippen LogP contribution in [0, 0.1) is 22.7 Å². The van der Waals surface area contributed by atoms with Crippen LogP contribution in [0.5, 0.6) is 0 Å². The summed E-state index contributed by atoms with van der Waals surface area (Å²) in [5, 5.41) is 0. The summed E-state index contributed by atoms with van der Waals surface area (Å²) in [5.74, 6) is 1.88. The molecule has 0 saturated heterocycles. The number of aryl methyl sites for hydroxylation is 1. The highest BCUT2D eigenvalue weighted by Crippen LogP contribution is 2.68. The molecule has 0 spiro atoms. The fourth-order valence-corrected chi connectivity index (χ4v) is 4.67. The van der Waals surface area contributed by atoms with Gasteiger partial charge in [-0.3, -0.25) is 4.98 Å². The van der Waals surface area contributed by atoms with Crippen LogP contribution in [0.3, 0.4) is 0 Å². The van der Waals surface area contributed by atoms with E-state index in [0.717, 1.165) is 18.3 Å². The van der Waals surface area contributed by atoms with Crippen LogP contribution in [0.25, 0.3) is 0 Å². The molecule has 1 nitrogen and oxygen atoms in total. The minimum Gasteiger partial charge on any atom is -0.261 e. The highest BCUT2D eigenvalue weighted by atomic mass is 14.7. The zero-order valence-electron chi connectivity index (χ0n) is 11.9. The number of rotatable bonds is 3. The largest absolute Gasteiger partial charge is 0.261 e. The zero-order chi connectivity index (χ0) is 12.8. The first-order valence-corrected chi connectivity index (χ1v) is 7.44. The lowest BCUT2D eigenvalue weighted by atomic mass is 9.65. The Bertz CT molecular complexity index is 422. The van der Waals surface area contributed by atoms with Gasteiger partial charge in [-0.15, -0.1) is 0 Å². The molecule has 1 heteroatoms. The van der Waals surface area contributed by atoms with E-state index < -0.39 is 0 Å². The third-order valence-electron chi connectivity index (χ3n) is 6.45. The van der Waals surface area contributed by atoms with Crippen LogP contribution in [0.4, 0.5) is 0 Å². The van der Waals surface area contributed by atoms with Gasteiger partial charge in [-0.05, 0) is 66.9 Å². The van der Waals surface area contributed by atoms with E-state index in [0.29, 0.717) is 10.8 Å². The van der Waals surface area contributed by atoms with E-state index in [4.69, 9.17) is 0 Å². The van der Waals surface area contributed by atoms with Crippen molar-refractivity contribution in [3.8, 4) is 0 Å². The van der Waals surface area contributed by atoms with Gasteiger partial charge in [-0.25, -0.2) is 0 Å². The lowest BCUT2D eigenvalue weighted by Gasteiger charge is -2.39. The molecule has 0 aliphatic heterocycles. The smallest absolute Gasteiger partial charge is 0.0403 e. The molecule has 98 valence electrons. The average Bonchev–Trinajstić information content (AvgIpc) is 2.70. The minimum atomic E-state index is 0.557. The van der Waals surface area contributed by atoms with Crippen molar-refractivity contribution in [2.75, 3.05) is 0 Å². The van der Waals surface area contributed by atoms with Gasteiger partial charge in [0, 0.05) is 11.9 Å². The van der Waals surface area contributed by atoms with Gasteiger partial charge in [-0.2, -0.15) is 0 Å². The molecule has 1 aromatic heterocycles. The summed E-state index contributed by atoms with van der Waals surface area (Å²) in [6.45, 7) is 7.56. The van der Waals surface area contributed by atoms with Gasteiger partial charge in [0.1, 0.15) is 0 Å². The Labute approximate surface area is 111 Å². The lowest BCUT2D eigenvalue weighted by Crippen LogP contribution is -2.32. The molecule has 3 rings (SSSR count). The number of hydrogen-bond acceptors (Lipinski definition) is 1. The maximum atomic E-state index is 4.46. The lowest BCUT2D eigenvalue weighted by molar-refractivity contribution is 0.0978. The summed E-state index contributed by atoms with van der Waals surface area (Å²) in [5.41, 5.74) is 2.40. The van der Waals surface area contributed by atoms with Crippen molar-refractivity contribution >= 4 is 0 Å².